The number of hydrogen-bond donors (Lipinski definition) is 3. The predicted octanol–water partition coefficient (Wildman–Crippen LogP) is 2.28. The maximum Gasteiger partial charge on any atom is 0.312 e. The van der Waals surface area contributed by atoms with E-state index in [-0.39, 0.29) is 18.4 Å². The van der Waals surface area contributed by atoms with Crippen LogP contribution in [0, 0.1) is 0 Å². The number of benzene rings is 1. The number of thiophene rings is 1. The van der Waals surface area contributed by atoms with Gasteiger partial charge in [0.25, 0.3) is 0 Å². The highest BCUT2D eigenvalue weighted by Gasteiger charge is 2.20. The van der Waals surface area contributed by atoms with Gasteiger partial charge in [-0.15, -0.1) is 11.3 Å². The lowest BCUT2D eigenvalue weighted by molar-refractivity contribution is -0.121. The van der Waals surface area contributed by atoms with E-state index in [1.807, 2.05) is 60.8 Å². The highest BCUT2D eigenvalue weighted by atomic mass is 32.1. The Kier molecular flexibility index (Phi) is 7.63. The van der Waals surface area contributed by atoms with Crippen molar-refractivity contribution in [3.63, 3.8) is 0 Å². The number of methoxy groups -OCH3 is 1. The monoisotopic (exact) mass is 390 g/mol. The van der Waals surface area contributed by atoms with Gasteiger partial charge >= 0.3 is 6.03 Å². The van der Waals surface area contributed by atoms with E-state index >= 15 is 0 Å². The fourth-order valence-electron chi connectivity index (χ4n) is 2.78. The fourth-order valence-corrected chi connectivity index (χ4v) is 3.55. The number of ether oxygens (including phenoxy) is 1. The van der Waals surface area contributed by atoms with E-state index in [9.17, 15) is 9.59 Å². The van der Waals surface area contributed by atoms with Gasteiger partial charge in [-0.1, -0.05) is 18.2 Å². The molecular weight excluding hydrogens is 364 g/mol. The molecule has 4 N–H and O–H groups in total. The number of carbonyl (C=O) groups is 2. The third kappa shape index (κ3) is 6.26. The minimum Gasteiger partial charge on any atom is -0.497 e. The van der Waals surface area contributed by atoms with Gasteiger partial charge in [0, 0.05) is 11.4 Å². The van der Waals surface area contributed by atoms with Crippen LogP contribution in [0.25, 0.3) is 0 Å². The number of urea groups is 1. The fraction of sp³-hybridized carbons (Fsp3) is 0.368. The molecule has 0 spiro atoms. The van der Waals surface area contributed by atoms with E-state index in [1.54, 1.807) is 7.11 Å². The van der Waals surface area contributed by atoms with Crippen LogP contribution in [0.3, 0.4) is 0 Å². The second kappa shape index (κ2) is 9.94. The molecule has 1 aromatic heterocycles. The molecule has 0 radical (unpaired) electrons. The SMILES string of the molecule is COc1ccc(C(CNC(=O)CC(NC(N)=O)c2cccs2)N(C)C)cc1. The number of amides is 3. The van der Waals surface area contributed by atoms with Gasteiger partial charge in [-0.3, -0.25) is 4.79 Å². The average Bonchev–Trinajstić information content (AvgIpc) is 3.16. The molecule has 0 aliphatic heterocycles. The highest BCUT2D eigenvalue weighted by molar-refractivity contribution is 7.10. The third-order valence-corrected chi connectivity index (χ3v) is 5.20. The van der Waals surface area contributed by atoms with Crippen molar-refractivity contribution >= 4 is 23.3 Å². The Morgan fingerprint density at radius 3 is 2.44 bits per heavy atom. The lowest BCUT2D eigenvalue weighted by Gasteiger charge is -2.25. The maximum absolute atomic E-state index is 12.5. The molecule has 0 saturated heterocycles. The van der Waals surface area contributed by atoms with Crippen LogP contribution in [-0.2, 0) is 4.79 Å². The van der Waals surface area contributed by atoms with Crippen molar-refractivity contribution in [2.45, 2.75) is 18.5 Å². The summed E-state index contributed by atoms with van der Waals surface area (Å²) in [4.78, 5) is 26.6. The Morgan fingerprint density at radius 2 is 1.93 bits per heavy atom. The van der Waals surface area contributed by atoms with Crippen molar-refractivity contribution < 1.29 is 14.3 Å². The molecule has 2 atom stereocenters. The summed E-state index contributed by atoms with van der Waals surface area (Å²) in [5, 5.41) is 7.49. The summed E-state index contributed by atoms with van der Waals surface area (Å²) in [6.45, 7) is 0.450. The zero-order chi connectivity index (χ0) is 19.8. The molecule has 1 heterocycles. The van der Waals surface area contributed by atoms with Gasteiger partial charge in [0.2, 0.25) is 5.91 Å². The first-order chi connectivity index (χ1) is 12.9. The van der Waals surface area contributed by atoms with Crippen molar-refractivity contribution in [1.29, 1.82) is 0 Å². The molecule has 0 aliphatic carbocycles. The number of nitrogens with one attached hydrogen (secondary N) is 2. The van der Waals surface area contributed by atoms with E-state index in [0.29, 0.717) is 6.54 Å². The van der Waals surface area contributed by atoms with Crippen LogP contribution in [0.15, 0.2) is 41.8 Å². The van der Waals surface area contributed by atoms with E-state index in [2.05, 4.69) is 10.6 Å². The number of primary amides is 1. The summed E-state index contributed by atoms with van der Waals surface area (Å²) in [5.74, 6) is 0.638. The zero-order valence-corrected chi connectivity index (χ0v) is 16.6. The number of rotatable bonds is 9. The average molecular weight is 391 g/mol. The second-order valence-electron chi connectivity index (χ2n) is 6.34. The van der Waals surface area contributed by atoms with Gasteiger partial charge in [0.1, 0.15) is 5.75 Å². The van der Waals surface area contributed by atoms with Crippen LogP contribution < -0.4 is 21.1 Å². The molecule has 2 rings (SSSR count). The lowest BCUT2D eigenvalue weighted by Crippen LogP contribution is -2.38. The summed E-state index contributed by atoms with van der Waals surface area (Å²) >= 11 is 1.47. The number of nitrogens with two attached hydrogens (primary N) is 1. The lowest BCUT2D eigenvalue weighted by atomic mass is 10.1. The van der Waals surface area contributed by atoms with Crippen molar-refractivity contribution in [1.82, 2.24) is 15.5 Å². The van der Waals surface area contributed by atoms with E-state index < -0.39 is 12.1 Å². The molecule has 0 bridgehead atoms. The van der Waals surface area contributed by atoms with Crippen LogP contribution in [0.4, 0.5) is 4.79 Å². The van der Waals surface area contributed by atoms with Crippen LogP contribution in [0.2, 0.25) is 0 Å². The number of likely N-dealkylation sites (N-methyl/N-ethyl adjacent to an activating group) is 1. The molecular formula is C19H26N4O3S. The van der Waals surface area contributed by atoms with Gasteiger partial charge in [0.05, 0.1) is 25.6 Å². The minimum absolute atomic E-state index is 0.0177. The second-order valence-corrected chi connectivity index (χ2v) is 7.32. The summed E-state index contributed by atoms with van der Waals surface area (Å²) in [6.07, 6.45) is 0.131. The first-order valence-electron chi connectivity index (χ1n) is 8.57. The first-order valence-corrected chi connectivity index (χ1v) is 9.45. The predicted molar refractivity (Wildman–Crippen MR) is 107 cm³/mol. The molecule has 2 unspecified atom stereocenters. The summed E-state index contributed by atoms with van der Waals surface area (Å²) in [7, 11) is 5.55. The molecule has 146 valence electrons. The van der Waals surface area contributed by atoms with Gasteiger partial charge < -0.3 is 26.0 Å². The molecule has 2 aromatic rings. The number of nitrogens with zero attached hydrogens (tertiary/aromatic N) is 1. The number of hydrogen-bond acceptors (Lipinski definition) is 5. The standard InChI is InChI=1S/C19H26N4O3S/c1-23(2)16(13-6-8-14(26-3)9-7-13)12-21-18(24)11-15(22-19(20)25)17-5-4-10-27-17/h4-10,15-16H,11-12H2,1-3H3,(H,21,24)(H3,20,22,25). The molecule has 0 aliphatic rings. The molecule has 27 heavy (non-hydrogen) atoms. The molecule has 1 aromatic carbocycles. The smallest absolute Gasteiger partial charge is 0.312 e. The van der Waals surface area contributed by atoms with Gasteiger partial charge in [-0.05, 0) is 43.2 Å². The molecule has 7 nitrogen and oxygen atoms in total. The zero-order valence-electron chi connectivity index (χ0n) is 15.8. The van der Waals surface area contributed by atoms with Crippen LogP contribution in [-0.4, -0.2) is 44.6 Å². The Morgan fingerprint density at radius 1 is 1.22 bits per heavy atom. The topological polar surface area (TPSA) is 96.7 Å². The summed E-state index contributed by atoms with van der Waals surface area (Å²) in [6, 6.07) is 10.5. The van der Waals surface area contributed by atoms with Gasteiger partial charge in [-0.25, -0.2) is 4.79 Å². The van der Waals surface area contributed by atoms with E-state index in [4.69, 9.17) is 10.5 Å². The molecule has 8 heteroatoms. The minimum atomic E-state index is -0.648. The molecule has 0 saturated carbocycles. The van der Waals surface area contributed by atoms with E-state index in [0.717, 1.165) is 16.2 Å². The van der Waals surface area contributed by atoms with Crippen LogP contribution >= 0.6 is 11.3 Å². The van der Waals surface area contributed by atoms with Crippen LogP contribution in [0.5, 0.6) is 5.75 Å². The quantitative estimate of drug-likeness (QED) is 0.612. The van der Waals surface area contributed by atoms with Crippen molar-refractivity contribution in [3.8, 4) is 5.75 Å². The third-order valence-electron chi connectivity index (χ3n) is 4.21. The van der Waals surface area contributed by atoms with Gasteiger partial charge in [-0.2, -0.15) is 0 Å². The van der Waals surface area contributed by atoms with E-state index in [1.165, 1.54) is 11.3 Å². The Balaban J connectivity index is 1.98. The first kappa shape index (κ1) is 20.7. The van der Waals surface area contributed by atoms with Crippen LogP contribution in [0.1, 0.15) is 28.9 Å². The van der Waals surface area contributed by atoms with Crippen molar-refractivity contribution in [2.24, 2.45) is 5.73 Å². The Hall–Kier alpha value is -2.58. The normalized spacial score (nSPS) is 13.0. The maximum atomic E-state index is 12.5. The Labute approximate surface area is 163 Å². The Bertz CT molecular complexity index is 732. The van der Waals surface area contributed by atoms with Crippen molar-refractivity contribution in [3.05, 3.63) is 52.2 Å². The highest BCUT2D eigenvalue weighted by Crippen LogP contribution is 2.23. The summed E-state index contributed by atoms with van der Waals surface area (Å²) < 4.78 is 5.19. The molecule has 0 fully saturated rings. The molecule has 3 amide bonds. The summed E-state index contributed by atoms with van der Waals surface area (Å²) in [5.41, 5.74) is 6.32. The largest absolute Gasteiger partial charge is 0.497 e. The number of carbonyl (C=O) groups excluding carboxylic acids is 2. The van der Waals surface area contributed by atoms with Crippen molar-refractivity contribution in [2.75, 3.05) is 27.7 Å². The van der Waals surface area contributed by atoms with Gasteiger partial charge in [0.15, 0.2) is 0 Å².